The fourth-order valence-corrected chi connectivity index (χ4v) is 3.94. The Morgan fingerprint density at radius 3 is 2.56 bits per heavy atom. The van der Waals surface area contributed by atoms with Crippen LogP contribution in [0.4, 0.5) is 5.69 Å². The summed E-state index contributed by atoms with van der Waals surface area (Å²) < 4.78 is 2.27. The lowest BCUT2D eigenvalue weighted by Crippen LogP contribution is -2.32. The molecule has 27 heavy (non-hydrogen) atoms. The molecule has 148 valence electrons. The van der Waals surface area contributed by atoms with E-state index >= 15 is 0 Å². The smallest absolute Gasteiger partial charge is 0.271 e. The molecule has 7 heteroatoms. The number of benzene rings is 1. The number of hydrogen-bond donors (Lipinski definition) is 0. The SMILES string of the molecule is CCN(CC)CCn1c(CCN2CCCCC2)nc2cc([N+](=O)[O-])ccc21. The maximum Gasteiger partial charge on any atom is 0.271 e. The van der Waals surface area contributed by atoms with E-state index in [0.29, 0.717) is 0 Å². The number of imidazole rings is 1. The molecule has 3 rings (SSSR count). The molecule has 1 aliphatic rings. The summed E-state index contributed by atoms with van der Waals surface area (Å²) in [5.74, 6) is 1.04. The van der Waals surface area contributed by atoms with Gasteiger partial charge in [0.2, 0.25) is 0 Å². The number of nitro benzene ring substituents is 1. The maximum atomic E-state index is 11.1. The molecule has 0 saturated carbocycles. The molecule has 1 aromatic heterocycles. The molecular formula is C20H31N5O2. The molecule has 0 spiro atoms. The first-order valence-electron chi connectivity index (χ1n) is 10.2. The molecule has 2 aromatic rings. The Balaban J connectivity index is 1.83. The van der Waals surface area contributed by atoms with Crippen molar-refractivity contribution in [2.45, 2.75) is 46.1 Å². The van der Waals surface area contributed by atoms with Crippen molar-refractivity contribution >= 4 is 16.7 Å². The second kappa shape index (κ2) is 9.28. The van der Waals surface area contributed by atoms with E-state index in [1.54, 1.807) is 12.1 Å². The van der Waals surface area contributed by atoms with Crippen molar-refractivity contribution in [2.24, 2.45) is 0 Å². The van der Waals surface area contributed by atoms with Gasteiger partial charge in [-0.25, -0.2) is 4.98 Å². The van der Waals surface area contributed by atoms with Crippen LogP contribution in [-0.4, -0.2) is 63.5 Å². The first-order valence-corrected chi connectivity index (χ1v) is 10.2. The van der Waals surface area contributed by atoms with Crippen molar-refractivity contribution in [3.8, 4) is 0 Å². The van der Waals surface area contributed by atoms with Crippen LogP contribution in [0.25, 0.3) is 11.0 Å². The van der Waals surface area contributed by atoms with E-state index < -0.39 is 0 Å². The van der Waals surface area contributed by atoms with Crippen LogP contribution in [0.3, 0.4) is 0 Å². The number of piperidine rings is 1. The van der Waals surface area contributed by atoms with Gasteiger partial charge in [-0.05, 0) is 45.1 Å². The molecular weight excluding hydrogens is 342 g/mol. The Morgan fingerprint density at radius 1 is 1.15 bits per heavy atom. The van der Waals surface area contributed by atoms with Gasteiger partial charge in [-0.2, -0.15) is 0 Å². The number of nitrogens with zero attached hydrogens (tertiary/aromatic N) is 5. The van der Waals surface area contributed by atoms with Crippen molar-refractivity contribution in [3.05, 3.63) is 34.1 Å². The molecule has 1 saturated heterocycles. The second-order valence-electron chi connectivity index (χ2n) is 7.29. The Kier molecular flexibility index (Phi) is 6.79. The number of non-ortho nitro benzene ring substituents is 1. The number of fused-ring (bicyclic) bond motifs is 1. The average molecular weight is 374 g/mol. The summed E-state index contributed by atoms with van der Waals surface area (Å²) in [7, 11) is 0. The summed E-state index contributed by atoms with van der Waals surface area (Å²) in [5.41, 5.74) is 1.84. The average Bonchev–Trinajstić information content (AvgIpc) is 3.04. The minimum Gasteiger partial charge on any atom is -0.327 e. The molecule has 0 unspecified atom stereocenters. The summed E-state index contributed by atoms with van der Waals surface area (Å²) in [6.45, 7) is 11.6. The van der Waals surface area contributed by atoms with Gasteiger partial charge >= 0.3 is 0 Å². The van der Waals surface area contributed by atoms with Gasteiger partial charge in [0.1, 0.15) is 5.82 Å². The third-order valence-corrected chi connectivity index (χ3v) is 5.66. The van der Waals surface area contributed by atoms with Crippen LogP contribution in [-0.2, 0) is 13.0 Å². The van der Waals surface area contributed by atoms with E-state index in [9.17, 15) is 10.1 Å². The summed E-state index contributed by atoms with van der Waals surface area (Å²) in [6, 6.07) is 5.05. The van der Waals surface area contributed by atoms with Crippen LogP contribution < -0.4 is 0 Å². The molecule has 0 N–H and O–H groups in total. The van der Waals surface area contributed by atoms with E-state index in [0.717, 1.165) is 56.0 Å². The number of rotatable bonds is 9. The molecule has 0 aliphatic carbocycles. The Morgan fingerprint density at radius 2 is 1.89 bits per heavy atom. The van der Waals surface area contributed by atoms with Crippen LogP contribution in [0.2, 0.25) is 0 Å². The highest BCUT2D eigenvalue weighted by molar-refractivity contribution is 5.78. The number of hydrogen-bond acceptors (Lipinski definition) is 5. The van der Waals surface area contributed by atoms with Gasteiger partial charge < -0.3 is 14.4 Å². The monoisotopic (exact) mass is 373 g/mol. The molecule has 2 heterocycles. The van der Waals surface area contributed by atoms with Gasteiger partial charge in [0.25, 0.3) is 5.69 Å². The van der Waals surface area contributed by atoms with Gasteiger partial charge in [-0.1, -0.05) is 20.3 Å². The zero-order chi connectivity index (χ0) is 19.2. The quantitative estimate of drug-likeness (QED) is 0.498. The van der Waals surface area contributed by atoms with Crippen LogP contribution in [0, 0.1) is 10.1 Å². The molecule has 0 bridgehead atoms. The minimum atomic E-state index is -0.345. The zero-order valence-corrected chi connectivity index (χ0v) is 16.6. The van der Waals surface area contributed by atoms with Crippen molar-refractivity contribution < 1.29 is 4.92 Å². The highest BCUT2D eigenvalue weighted by Gasteiger charge is 2.17. The molecule has 1 aromatic carbocycles. The second-order valence-corrected chi connectivity index (χ2v) is 7.29. The lowest BCUT2D eigenvalue weighted by Gasteiger charge is -2.26. The normalized spacial score (nSPS) is 15.7. The summed E-state index contributed by atoms with van der Waals surface area (Å²) in [4.78, 5) is 20.5. The third kappa shape index (κ3) is 4.84. The summed E-state index contributed by atoms with van der Waals surface area (Å²) >= 11 is 0. The number of likely N-dealkylation sites (N-methyl/N-ethyl adjacent to an activating group) is 1. The van der Waals surface area contributed by atoms with Gasteiger partial charge in [-0.15, -0.1) is 0 Å². The van der Waals surface area contributed by atoms with Crippen molar-refractivity contribution in [3.63, 3.8) is 0 Å². The largest absolute Gasteiger partial charge is 0.327 e. The fraction of sp³-hybridized carbons (Fsp3) is 0.650. The number of nitro groups is 1. The molecule has 0 atom stereocenters. The first-order chi connectivity index (χ1) is 13.1. The Hall–Kier alpha value is -1.99. The predicted octanol–water partition coefficient (Wildman–Crippen LogP) is 3.31. The highest BCUT2D eigenvalue weighted by Crippen LogP contribution is 2.23. The van der Waals surface area contributed by atoms with Gasteiger partial charge in [0, 0.05) is 38.2 Å². The first kappa shape index (κ1) is 19.8. The van der Waals surface area contributed by atoms with Crippen molar-refractivity contribution in [2.75, 3.05) is 39.3 Å². The van der Waals surface area contributed by atoms with Crippen molar-refractivity contribution in [1.82, 2.24) is 19.4 Å². The van der Waals surface area contributed by atoms with Gasteiger partial charge in [0.15, 0.2) is 0 Å². The van der Waals surface area contributed by atoms with Crippen LogP contribution >= 0.6 is 0 Å². The number of likely N-dealkylation sites (tertiary alicyclic amines) is 1. The van der Waals surface area contributed by atoms with E-state index in [2.05, 4.69) is 28.2 Å². The Bertz CT molecular complexity index is 763. The minimum absolute atomic E-state index is 0.110. The fourth-order valence-electron chi connectivity index (χ4n) is 3.94. The van der Waals surface area contributed by atoms with E-state index in [4.69, 9.17) is 4.98 Å². The topological polar surface area (TPSA) is 67.4 Å². The maximum absolute atomic E-state index is 11.1. The standard InChI is InChI=1S/C20H31N5O2/c1-3-22(4-2)14-15-24-19-9-8-17(25(26)27)16-18(19)21-20(24)10-13-23-11-6-5-7-12-23/h8-9,16H,3-7,10-15H2,1-2H3. The van der Waals surface area contributed by atoms with Gasteiger partial charge in [0.05, 0.1) is 16.0 Å². The van der Waals surface area contributed by atoms with E-state index in [1.165, 1.54) is 32.4 Å². The molecule has 7 nitrogen and oxygen atoms in total. The molecule has 1 aliphatic heterocycles. The van der Waals surface area contributed by atoms with Crippen LogP contribution in [0.15, 0.2) is 18.2 Å². The van der Waals surface area contributed by atoms with Crippen LogP contribution in [0.5, 0.6) is 0 Å². The van der Waals surface area contributed by atoms with E-state index in [1.807, 2.05) is 6.07 Å². The molecule has 0 amide bonds. The molecule has 1 fully saturated rings. The predicted molar refractivity (Wildman–Crippen MR) is 108 cm³/mol. The molecule has 0 radical (unpaired) electrons. The zero-order valence-electron chi connectivity index (χ0n) is 16.6. The van der Waals surface area contributed by atoms with Gasteiger partial charge in [-0.3, -0.25) is 10.1 Å². The highest BCUT2D eigenvalue weighted by atomic mass is 16.6. The lowest BCUT2D eigenvalue weighted by molar-refractivity contribution is -0.384. The third-order valence-electron chi connectivity index (χ3n) is 5.66. The lowest BCUT2D eigenvalue weighted by atomic mass is 10.1. The van der Waals surface area contributed by atoms with E-state index in [-0.39, 0.29) is 10.6 Å². The Labute approximate surface area is 161 Å². The van der Waals surface area contributed by atoms with Crippen LogP contribution in [0.1, 0.15) is 38.9 Å². The summed E-state index contributed by atoms with van der Waals surface area (Å²) in [6.07, 6.45) is 4.79. The summed E-state index contributed by atoms with van der Waals surface area (Å²) in [5, 5.41) is 11.1. The number of aromatic nitrogens is 2. The van der Waals surface area contributed by atoms with Crippen molar-refractivity contribution in [1.29, 1.82) is 0 Å².